The maximum Gasteiger partial charge on any atom is 0.128 e. The Hall–Kier alpha value is -1.22. The summed E-state index contributed by atoms with van der Waals surface area (Å²) in [5.74, 6) is 0.779. The van der Waals surface area contributed by atoms with Crippen LogP contribution in [0.15, 0.2) is 36.4 Å². The van der Waals surface area contributed by atoms with Crippen LogP contribution in [0.25, 0.3) is 0 Å². The molecule has 0 aliphatic carbocycles. The molecular formula is C15H12Cl2O2. The first-order valence-electron chi connectivity index (χ1n) is 6.04. The number of hydrogen-bond acceptors (Lipinski definition) is 2. The molecule has 1 N–H and O–H groups in total. The van der Waals surface area contributed by atoms with E-state index in [1.165, 1.54) is 0 Å². The number of hydrogen-bond donors (Lipinski definition) is 1. The fourth-order valence-electron chi connectivity index (χ4n) is 2.35. The van der Waals surface area contributed by atoms with Crippen LogP contribution in [-0.2, 0) is 6.42 Å². The molecule has 19 heavy (non-hydrogen) atoms. The van der Waals surface area contributed by atoms with Crippen LogP contribution in [0, 0.1) is 0 Å². The Balaban J connectivity index is 2.05. The molecule has 1 heterocycles. The molecule has 2 nitrogen and oxygen atoms in total. The Bertz CT molecular complexity index is 626. The van der Waals surface area contributed by atoms with E-state index in [-0.39, 0.29) is 0 Å². The first kappa shape index (κ1) is 12.8. The Labute approximate surface area is 121 Å². The zero-order valence-electron chi connectivity index (χ0n) is 10.1. The van der Waals surface area contributed by atoms with E-state index >= 15 is 0 Å². The molecule has 1 atom stereocenters. The summed E-state index contributed by atoms with van der Waals surface area (Å²) in [5, 5.41) is 11.5. The first-order chi connectivity index (χ1) is 9.16. The van der Waals surface area contributed by atoms with Gasteiger partial charge in [0.15, 0.2) is 0 Å². The van der Waals surface area contributed by atoms with E-state index in [1.54, 1.807) is 18.2 Å². The van der Waals surface area contributed by atoms with E-state index < -0.39 is 6.10 Å². The highest BCUT2D eigenvalue weighted by Crippen LogP contribution is 2.38. The van der Waals surface area contributed by atoms with E-state index in [0.29, 0.717) is 22.2 Å². The topological polar surface area (TPSA) is 29.5 Å². The second-order valence-corrected chi connectivity index (χ2v) is 5.35. The summed E-state index contributed by atoms with van der Waals surface area (Å²) in [6.07, 6.45) is 0.0716. The fraction of sp³-hybridized carbons (Fsp3) is 0.200. The van der Waals surface area contributed by atoms with Gasteiger partial charge in [0.05, 0.1) is 6.61 Å². The van der Waals surface area contributed by atoms with Gasteiger partial charge in [-0.15, -0.1) is 0 Å². The maximum absolute atomic E-state index is 10.5. The van der Waals surface area contributed by atoms with E-state index in [0.717, 1.165) is 23.3 Å². The van der Waals surface area contributed by atoms with Crippen LogP contribution in [0.1, 0.15) is 22.8 Å². The largest absolute Gasteiger partial charge is 0.493 e. The highest BCUT2D eigenvalue weighted by Gasteiger charge is 2.23. The summed E-state index contributed by atoms with van der Waals surface area (Å²) in [6, 6.07) is 10.9. The molecule has 1 aliphatic heterocycles. The van der Waals surface area contributed by atoms with Gasteiger partial charge >= 0.3 is 0 Å². The number of fused-ring (bicyclic) bond motifs is 1. The first-order valence-corrected chi connectivity index (χ1v) is 6.80. The van der Waals surface area contributed by atoms with Crippen LogP contribution in [0.3, 0.4) is 0 Å². The van der Waals surface area contributed by atoms with Crippen LogP contribution < -0.4 is 4.74 Å². The molecule has 2 aromatic carbocycles. The lowest BCUT2D eigenvalue weighted by molar-refractivity contribution is 0.214. The molecule has 3 rings (SSSR count). The van der Waals surface area contributed by atoms with Crippen molar-refractivity contribution in [3.05, 3.63) is 63.1 Å². The van der Waals surface area contributed by atoms with Gasteiger partial charge in [-0.3, -0.25) is 0 Å². The van der Waals surface area contributed by atoms with Crippen molar-refractivity contribution >= 4 is 23.2 Å². The SMILES string of the molecule is OC(c1ccc(Cl)cc1Cl)c1cccc2c1OCC2. The number of benzene rings is 2. The van der Waals surface area contributed by atoms with Crippen molar-refractivity contribution in [3.63, 3.8) is 0 Å². The minimum Gasteiger partial charge on any atom is -0.493 e. The smallest absolute Gasteiger partial charge is 0.128 e. The summed E-state index contributed by atoms with van der Waals surface area (Å²) >= 11 is 12.0. The maximum atomic E-state index is 10.5. The molecule has 0 bridgehead atoms. The summed E-state index contributed by atoms with van der Waals surface area (Å²) in [7, 11) is 0. The highest BCUT2D eigenvalue weighted by molar-refractivity contribution is 6.35. The molecule has 0 radical (unpaired) electrons. The van der Waals surface area contributed by atoms with Gasteiger partial charge in [-0.2, -0.15) is 0 Å². The van der Waals surface area contributed by atoms with E-state index in [4.69, 9.17) is 27.9 Å². The monoisotopic (exact) mass is 294 g/mol. The van der Waals surface area contributed by atoms with Crippen molar-refractivity contribution in [2.75, 3.05) is 6.61 Å². The molecule has 98 valence electrons. The van der Waals surface area contributed by atoms with Gasteiger partial charge in [-0.25, -0.2) is 0 Å². The van der Waals surface area contributed by atoms with Crippen LogP contribution in [-0.4, -0.2) is 11.7 Å². The molecule has 0 amide bonds. The second-order valence-electron chi connectivity index (χ2n) is 4.50. The fourth-order valence-corrected chi connectivity index (χ4v) is 2.86. The summed E-state index contributed by atoms with van der Waals surface area (Å²) < 4.78 is 5.61. The summed E-state index contributed by atoms with van der Waals surface area (Å²) in [5.41, 5.74) is 2.51. The lowest BCUT2D eigenvalue weighted by Gasteiger charge is -2.16. The molecule has 4 heteroatoms. The summed E-state index contributed by atoms with van der Waals surface area (Å²) in [6.45, 7) is 0.660. The van der Waals surface area contributed by atoms with Crippen molar-refractivity contribution in [1.82, 2.24) is 0 Å². The zero-order chi connectivity index (χ0) is 13.4. The van der Waals surface area contributed by atoms with Crippen molar-refractivity contribution in [1.29, 1.82) is 0 Å². The van der Waals surface area contributed by atoms with E-state index in [2.05, 4.69) is 0 Å². The molecule has 0 saturated heterocycles. The lowest BCUT2D eigenvalue weighted by Crippen LogP contribution is -2.03. The number of ether oxygens (including phenoxy) is 1. The Kier molecular flexibility index (Phi) is 3.40. The number of halogens is 2. The second kappa shape index (κ2) is 5.04. The number of aliphatic hydroxyl groups is 1. The number of para-hydroxylation sites is 1. The van der Waals surface area contributed by atoms with Gasteiger partial charge in [-0.1, -0.05) is 47.5 Å². The predicted molar refractivity (Wildman–Crippen MR) is 76.2 cm³/mol. The zero-order valence-corrected chi connectivity index (χ0v) is 11.6. The molecule has 2 aromatic rings. The number of aliphatic hydroxyl groups excluding tert-OH is 1. The van der Waals surface area contributed by atoms with Crippen LogP contribution in [0.4, 0.5) is 0 Å². The van der Waals surface area contributed by atoms with Gasteiger partial charge < -0.3 is 9.84 Å². The summed E-state index contributed by atoms with van der Waals surface area (Å²) in [4.78, 5) is 0. The lowest BCUT2D eigenvalue weighted by atomic mass is 9.98. The minimum absolute atomic E-state index is 0.454. The molecule has 0 saturated carbocycles. The van der Waals surface area contributed by atoms with Crippen LogP contribution in [0.5, 0.6) is 5.75 Å². The number of rotatable bonds is 2. The third-order valence-corrected chi connectivity index (χ3v) is 3.86. The molecule has 0 spiro atoms. The van der Waals surface area contributed by atoms with Gasteiger partial charge in [0.1, 0.15) is 11.9 Å². The van der Waals surface area contributed by atoms with Gasteiger partial charge in [-0.05, 0) is 17.7 Å². The van der Waals surface area contributed by atoms with Crippen LogP contribution in [0.2, 0.25) is 10.0 Å². The van der Waals surface area contributed by atoms with E-state index in [9.17, 15) is 5.11 Å². The van der Waals surface area contributed by atoms with Gasteiger partial charge in [0.25, 0.3) is 0 Å². The molecule has 1 aliphatic rings. The Morgan fingerprint density at radius 3 is 2.74 bits per heavy atom. The average Bonchev–Trinajstić information content (AvgIpc) is 2.86. The van der Waals surface area contributed by atoms with Crippen molar-refractivity contribution in [2.24, 2.45) is 0 Å². The normalized spacial score (nSPS) is 14.9. The van der Waals surface area contributed by atoms with Crippen molar-refractivity contribution in [3.8, 4) is 5.75 Å². The van der Waals surface area contributed by atoms with Crippen LogP contribution >= 0.6 is 23.2 Å². The molecule has 0 aromatic heterocycles. The van der Waals surface area contributed by atoms with Crippen molar-refractivity contribution in [2.45, 2.75) is 12.5 Å². The molecular weight excluding hydrogens is 283 g/mol. The van der Waals surface area contributed by atoms with E-state index in [1.807, 2.05) is 18.2 Å². The van der Waals surface area contributed by atoms with Gasteiger partial charge in [0.2, 0.25) is 0 Å². The quantitative estimate of drug-likeness (QED) is 0.907. The third kappa shape index (κ3) is 2.32. The highest BCUT2D eigenvalue weighted by atomic mass is 35.5. The predicted octanol–water partition coefficient (Wildman–Crippen LogP) is 4.01. The molecule has 1 unspecified atom stereocenters. The van der Waals surface area contributed by atoms with Crippen molar-refractivity contribution < 1.29 is 9.84 Å². The molecule has 0 fully saturated rings. The Morgan fingerprint density at radius 1 is 1.11 bits per heavy atom. The van der Waals surface area contributed by atoms with Gasteiger partial charge in [0, 0.05) is 27.6 Å². The standard InChI is InChI=1S/C15H12Cl2O2/c16-10-4-5-11(13(17)8-10)14(18)12-3-1-2-9-6-7-19-15(9)12/h1-5,8,14,18H,6-7H2. The Morgan fingerprint density at radius 2 is 1.95 bits per heavy atom. The minimum atomic E-state index is -0.808. The third-order valence-electron chi connectivity index (χ3n) is 3.30. The average molecular weight is 295 g/mol.